The minimum atomic E-state index is -1.56. The lowest BCUT2D eigenvalue weighted by atomic mass is 10.1. The fourth-order valence-corrected chi connectivity index (χ4v) is 2.53. The molecule has 0 bridgehead atoms. The molecule has 0 spiro atoms. The van der Waals surface area contributed by atoms with Crippen molar-refractivity contribution < 1.29 is 28.7 Å². The molecule has 2 rings (SSSR count). The van der Waals surface area contributed by atoms with Crippen molar-refractivity contribution in [1.82, 2.24) is 0 Å². The summed E-state index contributed by atoms with van der Waals surface area (Å²) in [6.45, 7) is 0.413. The van der Waals surface area contributed by atoms with Crippen molar-refractivity contribution in [3.8, 4) is 0 Å². The maximum atomic E-state index is 11.9. The highest BCUT2D eigenvalue weighted by Gasteiger charge is 2.25. The molecule has 0 unspecified atom stereocenters. The van der Waals surface area contributed by atoms with Gasteiger partial charge in [-0.3, -0.25) is 9.59 Å². The molecule has 8 nitrogen and oxygen atoms in total. The molecule has 28 heavy (non-hydrogen) atoms. The Balaban J connectivity index is 1.89. The van der Waals surface area contributed by atoms with Gasteiger partial charge in [0.15, 0.2) is 0 Å². The van der Waals surface area contributed by atoms with Crippen LogP contribution in [0.25, 0.3) is 0 Å². The van der Waals surface area contributed by atoms with Gasteiger partial charge in [0.25, 0.3) is 0 Å². The van der Waals surface area contributed by atoms with E-state index in [0.29, 0.717) is 22.3 Å². The number of nitrogens with two attached hydrogens (primary N) is 2. The van der Waals surface area contributed by atoms with Crippen LogP contribution >= 0.6 is 0 Å². The molecule has 0 radical (unpaired) electrons. The molecule has 2 aromatic rings. The van der Waals surface area contributed by atoms with Crippen molar-refractivity contribution >= 4 is 23.9 Å². The molecule has 0 atom stereocenters. The number of ether oxygens (including phenoxy) is 2. The van der Waals surface area contributed by atoms with Gasteiger partial charge in [0, 0.05) is 13.1 Å². The van der Waals surface area contributed by atoms with Crippen LogP contribution in [0.1, 0.15) is 22.3 Å². The summed E-state index contributed by atoms with van der Waals surface area (Å²) in [5.41, 5.74) is 13.7. The number of hydrogen-bond acceptors (Lipinski definition) is 8. The highest BCUT2D eigenvalue weighted by Crippen LogP contribution is 2.11. The summed E-state index contributed by atoms with van der Waals surface area (Å²) >= 11 is 0. The van der Waals surface area contributed by atoms with E-state index in [9.17, 15) is 19.2 Å². The first-order chi connectivity index (χ1) is 13.4. The van der Waals surface area contributed by atoms with Gasteiger partial charge in [-0.15, -0.1) is 0 Å². The van der Waals surface area contributed by atoms with Gasteiger partial charge in [-0.2, -0.15) is 0 Å². The second-order valence-corrected chi connectivity index (χ2v) is 5.82. The molecule has 8 heteroatoms. The van der Waals surface area contributed by atoms with Crippen molar-refractivity contribution in [3.05, 3.63) is 70.8 Å². The van der Waals surface area contributed by atoms with E-state index in [0.717, 1.165) is 0 Å². The highest BCUT2D eigenvalue weighted by molar-refractivity contribution is 6.33. The SMILES string of the molecule is NCc1ccccc1CC(=O)OC(=O)C(=O)OC(=O)Cc1ccccc1CN. The van der Waals surface area contributed by atoms with E-state index in [4.69, 9.17) is 11.5 Å². The normalized spacial score (nSPS) is 10.2. The molecule has 0 amide bonds. The second-order valence-electron chi connectivity index (χ2n) is 5.82. The maximum Gasteiger partial charge on any atom is 0.425 e. The first-order valence-electron chi connectivity index (χ1n) is 8.48. The van der Waals surface area contributed by atoms with E-state index in [1.807, 2.05) is 0 Å². The maximum absolute atomic E-state index is 11.9. The van der Waals surface area contributed by atoms with Crippen LogP contribution in [0.5, 0.6) is 0 Å². The third kappa shape index (κ3) is 5.83. The minimum absolute atomic E-state index is 0.207. The topological polar surface area (TPSA) is 139 Å². The van der Waals surface area contributed by atoms with Gasteiger partial charge >= 0.3 is 23.9 Å². The lowest BCUT2D eigenvalue weighted by Crippen LogP contribution is -2.27. The predicted octanol–water partition coefficient (Wildman–Crippen LogP) is 0.529. The van der Waals surface area contributed by atoms with Gasteiger partial charge in [0.05, 0.1) is 12.8 Å². The molecule has 0 saturated carbocycles. The molecule has 0 aliphatic heterocycles. The molecule has 0 fully saturated rings. The Kier molecular flexibility index (Phi) is 7.55. The van der Waals surface area contributed by atoms with Crippen LogP contribution in [-0.2, 0) is 54.6 Å². The molecule has 146 valence electrons. The van der Waals surface area contributed by atoms with Crippen LogP contribution in [0, 0.1) is 0 Å². The van der Waals surface area contributed by atoms with Gasteiger partial charge in [-0.25, -0.2) is 9.59 Å². The van der Waals surface area contributed by atoms with Crippen LogP contribution in [0.3, 0.4) is 0 Å². The quantitative estimate of drug-likeness (QED) is 0.418. The first kappa shape index (κ1) is 20.9. The lowest BCUT2D eigenvalue weighted by Gasteiger charge is -2.08. The molecular weight excluding hydrogens is 364 g/mol. The van der Waals surface area contributed by atoms with Crippen molar-refractivity contribution in [3.63, 3.8) is 0 Å². The summed E-state index contributed by atoms with van der Waals surface area (Å²) in [5.74, 6) is -5.03. The summed E-state index contributed by atoms with van der Waals surface area (Å²) in [5, 5.41) is 0. The fourth-order valence-electron chi connectivity index (χ4n) is 2.53. The Morgan fingerprint density at radius 1 is 0.607 bits per heavy atom. The number of carbonyl (C=O) groups is 4. The van der Waals surface area contributed by atoms with Crippen molar-refractivity contribution in [2.75, 3.05) is 0 Å². The van der Waals surface area contributed by atoms with E-state index < -0.39 is 23.9 Å². The van der Waals surface area contributed by atoms with Gasteiger partial charge in [-0.1, -0.05) is 48.5 Å². The number of carbonyl (C=O) groups excluding carboxylic acids is 4. The van der Waals surface area contributed by atoms with Crippen LogP contribution in [0.15, 0.2) is 48.5 Å². The van der Waals surface area contributed by atoms with E-state index in [-0.39, 0.29) is 25.9 Å². The van der Waals surface area contributed by atoms with E-state index in [1.54, 1.807) is 48.5 Å². The zero-order valence-corrected chi connectivity index (χ0v) is 15.1. The number of benzene rings is 2. The summed E-state index contributed by atoms with van der Waals surface area (Å²) in [7, 11) is 0. The van der Waals surface area contributed by atoms with Gasteiger partial charge in [0.2, 0.25) is 0 Å². The molecule has 2 aromatic carbocycles. The Morgan fingerprint density at radius 2 is 0.929 bits per heavy atom. The van der Waals surface area contributed by atoms with Gasteiger partial charge in [0.1, 0.15) is 0 Å². The van der Waals surface area contributed by atoms with E-state index in [1.165, 1.54) is 0 Å². The molecule has 4 N–H and O–H groups in total. The van der Waals surface area contributed by atoms with Crippen molar-refractivity contribution in [2.45, 2.75) is 25.9 Å². The number of hydrogen-bond donors (Lipinski definition) is 2. The Morgan fingerprint density at radius 3 is 1.25 bits per heavy atom. The summed E-state index contributed by atoms with van der Waals surface area (Å²) in [6, 6.07) is 13.7. The molecule has 0 saturated heterocycles. The molecule has 0 heterocycles. The summed E-state index contributed by atoms with van der Waals surface area (Å²) < 4.78 is 8.89. The zero-order valence-electron chi connectivity index (χ0n) is 15.1. The average Bonchev–Trinajstić information content (AvgIpc) is 2.68. The van der Waals surface area contributed by atoms with Crippen LogP contribution in [-0.4, -0.2) is 23.9 Å². The van der Waals surface area contributed by atoms with Gasteiger partial charge in [-0.05, 0) is 22.3 Å². The fraction of sp³-hybridized carbons (Fsp3) is 0.200. The Bertz CT molecular complexity index is 820. The highest BCUT2D eigenvalue weighted by atomic mass is 16.6. The average molecular weight is 384 g/mol. The third-order valence-electron chi connectivity index (χ3n) is 3.93. The predicted molar refractivity (Wildman–Crippen MR) is 98.3 cm³/mol. The summed E-state index contributed by atoms with van der Waals surface area (Å²) in [6.07, 6.45) is -0.492. The standard InChI is InChI=1S/C20H20N2O6/c21-11-15-7-3-1-5-13(15)9-17(23)27-19(25)20(26)28-18(24)10-14-6-2-4-8-16(14)12-22/h1-8H,9-12,21-22H2. The Labute approximate surface area is 161 Å². The van der Waals surface area contributed by atoms with Crippen LogP contribution in [0.4, 0.5) is 0 Å². The molecule has 0 aliphatic rings. The lowest BCUT2D eigenvalue weighted by molar-refractivity contribution is -0.177. The van der Waals surface area contributed by atoms with E-state index >= 15 is 0 Å². The van der Waals surface area contributed by atoms with Crippen molar-refractivity contribution in [2.24, 2.45) is 11.5 Å². The molecule has 0 aliphatic carbocycles. The van der Waals surface area contributed by atoms with Crippen LogP contribution in [0.2, 0.25) is 0 Å². The minimum Gasteiger partial charge on any atom is -0.384 e. The number of esters is 4. The third-order valence-corrected chi connectivity index (χ3v) is 3.93. The van der Waals surface area contributed by atoms with Crippen molar-refractivity contribution in [1.29, 1.82) is 0 Å². The zero-order chi connectivity index (χ0) is 20.5. The molecule has 0 aromatic heterocycles. The Hall–Kier alpha value is -3.36. The number of rotatable bonds is 6. The van der Waals surface area contributed by atoms with Gasteiger partial charge < -0.3 is 20.9 Å². The molecular formula is C20H20N2O6. The smallest absolute Gasteiger partial charge is 0.384 e. The monoisotopic (exact) mass is 384 g/mol. The van der Waals surface area contributed by atoms with E-state index in [2.05, 4.69) is 9.47 Å². The van der Waals surface area contributed by atoms with Crippen LogP contribution < -0.4 is 11.5 Å². The second kappa shape index (κ2) is 10.1. The largest absolute Gasteiger partial charge is 0.425 e. The first-order valence-corrected chi connectivity index (χ1v) is 8.48. The summed E-state index contributed by atoms with van der Waals surface area (Å²) in [4.78, 5) is 47.1.